The van der Waals surface area contributed by atoms with Crippen molar-refractivity contribution in [2.24, 2.45) is 5.92 Å². The second-order valence-corrected chi connectivity index (χ2v) is 8.27. The lowest BCUT2D eigenvalue weighted by Crippen LogP contribution is -2.48. The van der Waals surface area contributed by atoms with Gasteiger partial charge in [-0.25, -0.2) is 9.59 Å². The molecule has 144 valence electrons. The number of carbonyl (C=O) groups is 2. The molecule has 1 aliphatic carbocycles. The molecule has 1 aliphatic heterocycles. The summed E-state index contributed by atoms with van der Waals surface area (Å²) in [5.74, 6) is 0.217. The fourth-order valence-corrected chi connectivity index (χ4v) is 4.06. The van der Waals surface area contributed by atoms with Gasteiger partial charge in [0.15, 0.2) is 0 Å². The number of amides is 1. The molecule has 2 atom stereocenters. The van der Waals surface area contributed by atoms with Crippen LogP contribution in [0.4, 0.5) is 4.79 Å². The van der Waals surface area contributed by atoms with Crippen molar-refractivity contribution in [1.82, 2.24) is 4.90 Å². The van der Waals surface area contributed by atoms with Crippen molar-refractivity contribution in [1.29, 1.82) is 0 Å². The summed E-state index contributed by atoms with van der Waals surface area (Å²) in [6, 6.07) is -0.483. The minimum Gasteiger partial charge on any atom is -0.467 e. The molecule has 0 aromatic heterocycles. The first-order chi connectivity index (χ1) is 11.7. The summed E-state index contributed by atoms with van der Waals surface area (Å²) in [4.78, 5) is 26.5. The van der Waals surface area contributed by atoms with Crippen LogP contribution in [0.1, 0.15) is 65.7 Å². The van der Waals surface area contributed by atoms with Gasteiger partial charge in [-0.1, -0.05) is 0 Å². The van der Waals surface area contributed by atoms with E-state index in [1.54, 1.807) is 12.0 Å². The van der Waals surface area contributed by atoms with Gasteiger partial charge in [-0.05, 0) is 71.6 Å². The molecule has 0 aromatic carbocycles. The molecule has 0 radical (unpaired) electrons. The Kier molecular flexibility index (Phi) is 6.72. The van der Waals surface area contributed by atoms with Gasteiger partial charge < -0.3 is 14.2 Å². The van der Waals surface area contributed by atoms with E-state index in [4.69, 9.17) is 14.2 Å². The number of hydrogen-bond acceptors (Lipinski definition) is 5. The molecule has 0 aromatic rings. The highest BCUT2D eigenvalue weighted by Crippen LogP contribution is 2.36. The highest BCUT2D eigenvalue weighted by atomic mass is 16.6. The predicted octanol–water partition coefficient (Wildman–Crippen LogP) is 3.52. The Morgan fingerprint density at radius 3 is 2.16 bits per heavy atom. The first-order valence-electron chi connectivity index (χ1n) is 9.37. The summed E-state index contributed by atoms with van der Waals surface area (Å²) < 4.78 is 15.9. The minimum atomic E-state index is -0.582. The molecule has 0 bridgehead atoms. The van der Waals surface area contributed by atoms with Gasteiger partial charge in [-0.15, -0.1) is 0 Å². The molecule has 1 saturated carbocycles. The third kappa shape index (κ3) is 5.33. The third-order valence-corrected chi connectivity index (χ3v) is 5.31. The summed E-state index contributed by atoms with van der Waals surface area (Å²) in [6.45, 7) is 5.53. The molecule has 0 spiro atoms. The van der Waals surface area contributed by atoms with Crippen LogP contribution in [0, 0.1) is 5.92 Å². The van der Waals surface area contributed by atoms with E-state index in [0.717, 1.165) is 38.5 Å². The first-order valence-corrected chi connectivity index (χ1v) is 9.37. The molecule has 2 aliphatic rings. The zero-order chi connectivity index (χ0) is 18.6. The molecule has 2 fully saturated rings. The Labute approximate surface area is 151 Å². The highest BCUT2D eigenvalue weighted by Gasteiger charge is 2.44. The molecule has 6 heteroatoms. The molecule has 1 heterocycles. The Bertz CT molecular complexity index is 465. The van der Waals surface area contributed by atoms with Gasteiger partial charge in [0.25, 0.3) is 0 Å². The zero-order valence-corrected chi connectivity index (χ0v) is 16.2. The second kappa shape index (κ2) is 8.39. The maximum atomic E-state index is 12.7. The number of hydrogen-bond donors (Lipinski definition) is 0. The molecule has 25 heavy (non-hydrogen) atoms. The van der Waals surface area contributed by atoms with E-state index in [9.17, 15) is 9.59 Å². The van der Waals surface area contributed by atoms with Gasteiger partial charge in [-0.2, -0.15) is 0 Å². The van der Waals surface area contributed by atoms with Crippen molar-refractivity contribution in [2.75, 3.05) is 14.2 Å². The van der Waals surface area contributed by atoms with Crippen LogP contribution in [0.5, 0.6) is 0 Å². The maximum Gasteiger partial charge on any atom is 0.411 e. The van der Waals surface area contributed by atoms with E-state index in [1.165, 1.54) is 7.11 Å². The van der Waals surface area contributed by atoms with Crippen LogP contribution in [0.3, 0.4) is 0 Å². The van der Waals surface area contributed by atoms with Crippen LogP contribution in [0.15, 0.2) is 0 Å². The largest absolute Gasteiger partial charge is 0.467 e. The topological polar surface area (TPSA) is 65.1 Å². The monoisotopic (exact) mass is 355 g/mol. The molecule has 0 unspecified atom stereocenters. The number of nitrogens with zero attached hydrogens (tertiary/aromatic N) is 1. The average Bonchev–Trinajstić information content (AvgIpc) is 2.97. The molecule has 0 N–H and O–H groups in total. The predicted molar refractivity (Wildman–Crippen MR) is 94.3 cm³/mol. The summed E-state index contributed by atoms with van der Waals surface area (Å²) >= 11 is 0. The van der Waals surface area contributed by atoms with Crippen LogP contribution in [-0.2, 0) is 19.0 Å². The van der Waals surface area contributed by atoms with Gasteiger partial charge in [0.05, 0.1) is 13.2 Å². The summed E-state index contributed by atoms with van der Waals surface area (Å²) in [5.41, 5.74) is -0.582. The maximum absolute atomic E-state index is 12.7. The van der Waals surface area contributed by atoms with Crippen LogP contribution in [0.25, 0.3) is 0 Å². The minimum absolute atomic E-state index is 0.0445. The summed E-state index contributed by atoms with van der Waals surface area (Å²) in [6.07, 6.45) is 6.71. The standard InChI is InChI=1S/C19H33NO5/c1-19(2,3)25-18(22)20-14(8-11-16(20)17(21)24-5)12-13-6-9-15(23-4)10-7-13/h13-16H,6-12H2,1-5H3/t13?,14-,15?,16+/m0/s1. The number of ether oxygens (including phenoxy) is 3. The first kappa shape index (κ1) is 20.0. The van der Waals surface area contributed by atoms with Gasteiger partial charge in [-0.3, -0.25) is 4.90 Å². The Morgan fingerprint density at radius 1 is 1.00 bits per heavy atom. The Hall–Kier alpha value is -1.30. The van der Waals surface area contributed by atoms with Crippen LogP contribution in [0.2, 0.25) is 0 Å². The number of likely N-dealkylation sites (tertiary alicyclic amines) is 1. The fourth-order valence-electron chi connectivity index (χ4n) is 4.06. The lowest BCUT2D eigenvalue weighted by Gasteiger charge is -2.35. The van der Waals surface area contributed by atoms with E-state index in [1.807, 2.05) is 20.8 Å². The normalized spacial score (nSPS) is 30.2. The van der Waals surface area contributed by atoms with Crippen LogP contribution >= 0.6 is 0 Å². The number of rotatable bonds is 4. The molecule has 1 saturated heterocycles. The molecule has 6 nitrogen and oxygen atoms in total. The number of carbonyl (C=O) groups excluding carboxylic acids is 2. The summed E-state index contributed by atoms with van der Waals surface area (Å²) in [7, 11) is 3.14. The lowest BCUT2D eigenvalue weighted by atomic mass is 9.83. The van der Waals surface area contributed by atoms with Gasteiger partial charge in [0.2, 0.25) is 0 Å². The van der Waals surface area contributed by atoms with Crippen molar-refractivity contribution in [3.05, 3.63) is 0 Å². The fraction of sp³-hybridized carbons (Fsp3) is 0.895. The van der Waals surface area contributed by atoms with Crippen LogP contribution in [-0.4, -0.2) is 55.0 Å². The van der Waals surface area contributed by atoms with Crippen molar-refractivity contribution in [3.8, 4) is 0 Å². The molecular formula is C19H33NO5. The SMILES string of the molecule is COC(=O)[C@H]1CC[C@@H](CC2CCC(OC)CC2)N1C(=O)OC(C)(C)C. The lowest BCUT2D eigenvalue weighted by molar-refractivity contribution is -0.146. The molecular weight excluding hydrogens is 322 g/mol. The average molecular weight is 355 g/mol. The Balaban J connectivity index is 2.04. The van der Waals surface area contributed by atoms with E-state index < -0.39 is 17.7 Å². The highest BCUT2D eigenvalue weighted by molar-refractivity contribution is 5.82. The smallest absolute Gasteiger partial charge is 0.411 e. The van der Waals surface area contributed by atoms with E-state index >= 15 is 0 Å². The van der Waals surface area contributed by atoms with Crippen molar-refractivity contribution in [2.45, 2.75) is 89.5 Å². The van der Waals surface area contributed by atoms with Gasteiger partial charge in [0.1, 0.15) is 11.6 Å². The Morgan fingerprint density at radius 2 is 1.64 bits per heavy atom. The quantitative estimate of drug-likeness (QED) is 0.722. The van der Waals surface area contributed by atoms with E-state index in [-0.39, 0.29) is 12.0 Å². The second-order valence-electron chi connectivity index (χ2n) is 8.27. The number of esters is 1. The number of methoxy groups -OCH3 is 2. The third-order valence-electron chi connectivity index (χ3n) is 5.31. The van der Waals surface area contributed by atoms with Gasteiger partial charge >= 0.3 is 12.1 Å². The zero-order valence-electron chi connectivity index (χ0n) is 16.2. The summed E-state index contributed by atoms with van der Waals surface area (Å²) in [5, 5.41) is 0. The molecule has 2 rings (SSSR count). The van der Waals surface area contributed by atoms with Crippen molar-refractivity contribution >= 4 is 12.1 Å². The van der Waals surface area contributed by atoms with Gasteiger partial charge in [0, 0.05) is 13.2 Å². The van der Waals surface area contributed by atoms with Crippen molar-refractivity contribution < 1.29 is 23.8 Å². The van der Waals surface area contributed by atoms with E-state index in [0.29, 0.717) is 18.4 Å². The van der Waals surface area contributed by atoms with Crippen molar-refractivity contribution in [3.63, 3.8) is 0 Å². The van der Waals surface area contributed by atoms with Crippen LogP contribution < -0.4 is 0 Å². The molecule has 1 amide bonds. The van der Waals surface area contributed by atoms with E-state index in [2.05, 4.69) is 0 Å².